The van der Waals surface area contributed by atoms with Crippen LogP contribution in [0.3, 0.4) is 0 Å². The SMILES string of the molecule is CCc1ccc(CNc2cccc(C)c2C#N)o1. The zero-order valence-corrected chi connectivity index (χ0v) is 10.7. The van der Waals surface area contributed by atoms with Crippen LogP contribution in [0.15, 0.2) is 34.7 Å². The molecule has 18 heavy (non-hydrogen) atoms. The molecule has 0 fully saturated rings. The van der Waals surface area contributed by atoms with Gasteiger partial charge < -0.3 is 9.73 Å². The standard InChI is InChI=1S/C15H16N2O/c1-3-12-7-8-13(18-12)10-17-15-6-4-5-11(2)14(15)9-16/h4-8,17H,3,10H2,1-2H3. The van der Waals surface area contributed by atoms with Crippen molar-refractivity contribution in [2.45, 2.75) is 26.8 Å². The fourth-order valence-electron chi connectivity index (χ4n) is 1.85. The minimum Gasteiger partial charge on any atom is -0.464 e. The summed E-state index contributed by atoms with van der Waals surface area (Å²) < 4.78 is 5.61. The van der Waals surface area contributed by atoms with Crippen LogP contribution in [0.25, 0.3) is 0 Å². The van der Waals surface area contributed by atoms with Crippen LogP contribution in [-0.4, -0.2) is 0 Å². The van der Waals surface area contributed by atoms with E-state index in [9.17, 15) is 0 Å². The van der Waals surface area contributed by atoms with Crippen LogP contribution < -0.4 is 5.32 Å². The molecule has 1 aromatic carbocycles. The maximum atomic E-state index is 9.13. The Hall–Kier alpha value is -2.21. The van der Waals surface area contributed by atoms with Gasteiger partial charge in [0.2, 0.25) is 0 Å². The Morgan fingerprint density at radius 2 is 2.00 bits per heavy atom. The smallest absolute Gasteiger partial charge is 0.123 e. The number of hydrogen-bond donors (Lipinski definition) is 1. The molecule has 0 aliphatic rings. The zero-order chi connectivity index (χ0) is 13.0. The van der Waals surface area contributed by atoms with Crippen LogP contribution >= 0.6 is 0 Å². The highest BCUT2D eigenvalue weighted by atomic mass is 16.3. The van der Waals surface area contributed by atoms with Crippen LogP contribution in [-0.2, 0) is 13.0 Å². The molecule has 1 N–H and O–H groups in total. The first-order chi connectivity index (χ1) is 8.74. The molecule has 3 nitrogen and oxygen atoms in total. The van der Waals surface area contributed by atoms with Gasteiger partial charge in [0.15, 0.2) is 0 Å². The normalized spacial score (nSPS) is 10.1. The largest absolute Gasteiger partial charge is 0.464 e. The second kappa shape index (κ2) is 5.42. The fraction of sp³-hybridized carbons (Fsp3) is 0.267. The molecular weight excluding hydrogens is 224 g/mol. The third-order valence-electron chi connectivity index (χ3n) is 2.90. The highest BCUT2D eigenvalue weighted by Gasteiger charge is 2.05. The molecule has 0 aliphatic heterocycles. The van der Waals surface area contributed by atoms with Crippen molar-refractivity contribution in [1.29, 1.82) is 5.26 Å². The average molecular weight is 240 g/mol. The van der Waals surface area contributed by atoms with Gasteiger partial charge in [0.25, 0.3) is 0 Å². The Morgan fingerprint density at radius 1 is 1.22 bits per heavy atom. The van der Waals surface area contributed by atoms with Crippen molar-refractivity contribution in [3.63, 3.8) is 0 Å². The maximum Gasteiger partial charge on any atom is 0.123 e. The van der Waals surface area contributed by atoms with Gasteiger partial charge in [-0.05, 0) is 30.7 Å². The second-order valence-corrected chi connectivity index (χ2v) is 4.18. The third-order valence-corrected chi connectivity index (χ3v) is 2.90. The first kappa shape index (κ1) is 12.3. The van der Waals surface area contributed by atoms with Crippen molar-refractivity contribution in [3.05, 3.63) is 53.0 Å². The predicted molar refractivity (Wildman–Crippen MR) is 71.3 cm³/mol. The summed E-state index contributed by atoms with van der Waals surface area (Å²) in [5, 5.41) is 12.4. The molecule has 0 aliphatic carbocycles. The second-order valence-electron chi connectivity index (χ2n) is 4.18. The number of benzene rings is 1. The first-order valence-corrected chi connectivity index (χ1v) is 6.05. The van der Waals surface area contributed by atoms with Crippen molar-refractivity contribution >= 4 is 5.69 Å². The van der Waals surface area contributed by atoms with Gasteiger partial charge >= 0.3 is 0 Å². The number of furan rings is 1. The van der Waals surface area contributed by atoms with E-state index in [4.69, 9.17) is 9.68 Å². The molecule has 0 saturated carbocycles. The summed E-state index contributed by atoms with van der Waals surface area (Å²) in [6.45, 7) is 4.59. The van der Waals surface area contributed by atoms with E-state index in [2.05, 4.69) is 18.3 Å². The van der Waals surface area contributed by atoms with Crippen molar-refractivity contribution in [3.8, 4) is 6.07 Å². The van der Waals surface area contributed by atoms with Gasteiger partial charge in [-0.2, -0.15) is 5.26 Å². The van der Waals surface area contributed by atoms with Crippen LogP contribution in [0.5, 0.6) is 0 Å². The van der Waals surface area contributed by atoms with Crippen molar-refractivity contribution in [2.24, 2.45) is 0 Å². The van der Waals surface area contributed by atoms with E-state index < -0.39 is 0 Å². The average Bonchev–Trinajstić information content (AvgIpc) is 2.84. The molecule has 1 aromatic heterocycles. The fourth-order valence-corrected chi connectivity index (χ4v) is 1.85. The summed E-state index contributed by atoms with van der Waals surface area (Å²) in [6, 6.07) is 12.0. The number of hydrogen-bond acceptors (Lipinski definition) is 3. The van der Waals surface area contributed by atoms with Gasteiger partial charge in [0.05, 0.1) is 17.8 Å². The Morgan fingerprint density at radius 3 is 2.67 bits per heavy atom. The van der Waals surface area contributed by atoms with Crippen LogP contribution in [0.2, 0.25) is 0 Å². The van der Waals surface area contributed by atoms with E-state index in [1.807, 2.05) is 37.3 Å². The lowest BCUT2D eigenvalue weighted by atomic mass is 10.1. The molecule has 0 spiro atoms. The molecule has 2 aromatic rings. The number of nitrogens with one attached hydrogen (secondary N) is 1. The van der Waals surface area contributed by atoms with Crippen molar-refractivity contribution < 1.29 is 4.42 Å². The Kier molecular flexibility index (Phi) is 3.69. The summed E-state index contributed by atoms with van der Waals surface area (Å²) in [5.41, 5.74) is 2.53. The van der Waals surface area contributed by atoms with Gasteiger partial charge in [0, 0.05) is 6.42 Å². The van der Waals surface area contributed by atoms with Gasteiger partial charge in [-0.25, -0.2) is 0 Å². The molecular formula is C15H16N2O. The molecule has 0 amide bonds. The number of anilines is 1. The van der Waals surface area contributed by atoms with Gasteiger partial charge in [-0.1, -0.05) is 19.1 Å². The Bertz CT molecular complexity index is 578. The Balaban J connectivity index is 2.11. The lowest BCUT2D eigenvalue weighted by molar-refractivity contribution is 0.476. The summed E-state index contributed by atoms with van der Waals surface area (Å²) >= 11 is 0. The third kappa shape index (κ3) is 2.54. The zero-order valence-electron chi connectivity index (χ0n) is 10.7. The molecule has 1 heterocycles. The first-order valence-electron chi connectivity index (χ1n) is 6.05. The minimum absolute atomic E-state index is 0.595. The van der Waals surface area contributed by atoms with Crippen LogP contribution in [0.1, 0.15) is 29.6 Å². The minimum atomic E-state index is 0.595. The van der Waals surface area contributed by atoms with E-state index in [0.29, 0.717) is 12.1 Å². The van der Waals surface area contributed by atoms with E-state index in [0.717, 1.165) is 29.2 Å². The highest BCUT2D eigenvalue weighted by Crippen LogP contribution is 2.19. The summed E-state index contributed by atoms with van der Waals surface area (Å²) in [5.74, 6) is 1.87. The quantitative estimate of drug-likeness (QED) is 0.887. The lowest BCUT2D eigenvalue weighted by Gasteiger charge is -2.08. The van der Waals surface area contributed by atoms with Crippen LogP contribution in [0.4, 0.5) is 5.69 Å². The lowest BCUT2D eigenvalue weighted by Crippen LogP contribution is -2.01. The summed E-state index contributed by atoms with van der Waals surface area (Å²) in [4.78, 5) is 0. The predicted octanol–water partition coefficient (Wildman–Crippen LogP) is 3.63. The van der Waals surface area contributed by atoms with E-state index in [1.165, 1.54) is 0 Å². The molecule has 0 unspecified atom stereocenters. The Labute approximate surface area is 107 Å². The monoisotopic (exact) mass is 240 g/mol. The van der Waals surface area contributed by atoms with Gasteiger partial charge in [-0.3, -0.25) is 0 Å². The van der Waals surface area contributed by atoms with Crippen molar-refractivity contribution in [1.82, 2.24) is 0 Å². The molecule has 0 saturated heterocycles. The molecule has 0 bridgehead atoms. The van der Waals surface area contributed by atoms with Gasteiger partial charge in [0.1, 0.15) is 17.6 Å². The summed E-state index contributed by atoms with van der Waals surface area (Å²) in [7, 11) is 0. The number of nitrogens with zero attached hydrogens (tertiary/aromatic N) is 1. The highest BCUT2D eigenvalue weighted by molar-refractivity contribution is 5.60. The maximum absolute atomic E-state index is 9.13. The number of nitriles is 1. The van der Waals surface area contributed by atoms with E-state index >= 15 is 0 Å². The molecule has 3 heteroatoms. The summed E-state index contributed by atoms with van der Waals surface area (Å²) in [6.07, 6.45) is 0.897. The molecule has 0 atom stereocenters. The number of aryl methyl sites for hydroxylation is 2. The van der Waals surface area contributed by atoms with Crippen LogP contribution in [0, 0.1) is 18.3 Å². The molecule has 0 radical (unpaired) electrons. The molecule has 2 rings (SSSR count). The number of rotatable bonds is 4. The van der Waals surface area contributed by atoms with E-state index in [1.54, 1.807) is 0 Å². The van der Waals surface area contributed by atoms with E-state index in [-0.39, 0.29) is 0 Å². The van der Waals surface area contributed by atoms with Crippen molar-refractivity contribution in [2.75, 3.05) is 5.32 Å². The topological polar surface area (TPSA) is 49.0 Å². The van der Waals surface area contributed by atoms with Gasteiger partial charge in [-0.15, -0.1) is 0 Å². The molecule has 92 valence electrons.